The summed E-state index contributed by atoms with van der Waals surface area (Å²) in [5.41, 5.74) is 0. The Morgan fingerprint density at radius 1 is 0.318 bits per heavy atom. The van der Waals surface area contributed by atoms with E-state index >= 15 is 0 Å². The van der Waals surface area contributed by atoms with Crippen LogP contribution in [0.3, 0.4) is 0 Å². The van der Waals surface area contributed by atoms with Crippen LogP contribution in [-0.4, -0.2) is 37.2 Å². The molecular formula is C60H98O6. The number of hydrogen-bond donors (Lipinski definition) is 0. The molecule has 0 aromatic heterocycles. The zero-order valence-corrected chi connectivity index (χ0v) is 42.7. The number of allylic oxidation sites excluding steroid dienone is 18. The van der Waals surface area contributed by atoms with Crippen LogP contribution < -0.4 is 0 Å². The summed E-state index contributed by atoms with van der Waals surface area (Å²) in [6.07, 6.45) is 72.3. The molecular weight excluding hydrogens is 817 g/mol. The van der Waals surface area contributed by atoms with Gasteiger partial charge in [0.15, 0.2) is 6.10 Å². The van der Waals surface area contributed by atoms with E-state index in [4.69, 9.17) is 14.2 Å². The lowest BCUT2D eigenvalue weighted by Gasteiger charge is -2.18. The summed E-state index contributed by atoms with van der Waals surface area (Å²) in [5, 5.41) is 0. The number of carbonyl (C=O) groups is 3. The average Bonchev–Trinajstić information content (AvgIpc) is 3.31. The summed E-state index contributed by atoms with van der Waals surface area (Å²) in [6.45, 7) is 6.40. The molecule has 0 N–H and O–H groups in total. The summed E-state index contributed by atoms with van der Waals surface area (Å²) in [5.74, 6) is -0.937. The van der Waals surface area contributed by atoms with Crippen LogP contribution in [0.2, 0.25) is 0 Å². The first-order chi connectivity index (χ1) is 32.5. The minimum absolute atomic E-state index is 0.0910. The first kappa shape index (κ1) is 62.1. The Bertz CT molecular complexity index is 1370. The first-order valence-corrected chi connectivity index (χ1v) is 26.9. The van der Waals surface area contributed by atoms with Gasteiger partial charge in [0, 0.05) is 19.3 Å². The molecule has 0 amide bonds. The van der Waals surface area contributed by atoms with Crippen molar-refractivity contribution in [2.24, 2.45) is 0 Å². The lowest BCUT2D eigenvalue weighted by Crippen LogP contribution is -2.30. The predicted octanol–water partition coefficient (Wildman–Crippen LogP) is 17.9. The topological polar surface area (TPSA) is 78.9 Å². The van der Waals surface area contributed by atoms with Gasteiger partial charge in [0.25, 0.3) is 0 Å². The van der Waals surface area contributed by atoms with E-state index in [0.29, 0.717) is 19.3 Å². The lowest BCUT2D eigenvalue weighted by atomic mass is 10.1. The van der Waals surface area contributed by atoms with Gasteiger partial charge in [0.05, 0.1) is 0 Å². The van der Waals surface area contributed by atoms with Crippen molar-refractivity contribution in [3.05, 3.63) is 109 Å². The highest BCUT2D eigenvalue weighted by Gasteiger charge is 2.19. The van der Waals surface area contributed by atoms with Crippen molar-refractivity contribution in [2.45, 2.75) is 239 Å². The molecule has 66 heavy (non-hydrogen) atoms. The number of rotatable bonds is 47. The van der Waals surface area contributed by atoms with Gasteiger partial charge in [-0.25, -0.2) is 0 Å². The van der Waals surface area contributed by atoms with E-state index in [9.17, 15) is 14.4 Å². The average molecular weight is 915 g/mol. The predicted molar refractivity (Wildman–Crippen MR) is 283 cm³/mol. The molecule has 0 rings (SSSR count). The van der Waals surface area contributed by atoms with Crippen LogP contribution in [0.1, 0.15) is 233 Å². The second kappa shape index (κ2) is 53.7. The van der Waals surface area contributed by atoms with Crippen molar-refractivity contribution in [3.8, 4) is 0 Å². The number of esters is 3. The molecule has 374 valence electrons. The molecule has 0 spiro atoms. The summed E-state index contributed by atoms with van der Waals surface area (Å²) in [7, 11) is 0. The van der Waals surface area contributed by atoms with E-state index in [1.54, 1.807) is 0 Å². The van der Waals surface area contributed by atoms with E-state index in [-0.39, 0.29) is 31.1 Å². The van der Waals surface area contributed by atoms with E-state index in [1.807, 2.05) is 0 Å². The molecule has 0 aromatic carbocycles. The van der Waals surface area contributed by atoms with Crippen LogP contribution in [0.4, 0.5) is 0 Å². The third-order valence-corrected chi connectivity index (χ3v) is 11.0. The largest absolute Gasteiger partial charge is 0.462 e. The van der Waals surface area contributed by atoms with Crippen LogP contribution in [0, 0.1) is 0 Å². The maximum Gasteiger partial charge on any atom is 0.306 e. The monoisotopic (exact) mass is 915 g/mol. The minimum atomic E-state index is -0.792. The minimum Gasteiger partial charge on any atom is -0.462 e. The second-order valence-corrected chi connectivity index (χ2v) is 17.4. The summed E-state index contributed by atoms with van der Waals surface area (Å²) in [4.78, 5) is 37.8. The Kier molecular flexibility index (Phi) is 50.5. The van der Waals surface area contributed by atoms with E-state index in [0.717, 1.165) is 148 Å². The molecule has 0 bridgehead atoms. The first-order valence-electron chi connectivity index (χ1n) is 26.9. The maximum absolute atomic E-state index is 12.8. The van der Waals surface area contributed by atoms with Crippen molar-refractivity contribution < 1.29 is 28.6 Å². The molecule has 0 radical (unpaired) electrons. The van der Waals surface area contributed by atoms with Crippen LogP contribution in [0.15, 0.2) is 109 Å². The Labute approximate surface area is 406 Å². The van der Waals surface area contributed by atoms with Gasteiger partial charge in [0.2, 0.25) is 0 Å². The third kappa shape index (κ3) is 51.1. The van der Waals surface area contributed by atoms with Crippen molar-refractivity contribution in [1.29, 1.82) is 0 Å². The fourth-order valence-electron chi connectivity index (χ4n) is 6.97. The van der Waals surface area contributed by atoms with Crippen LogP contribution in [0.25, 0.3) is 0 Å². The van der Waals surface area contributed by atoms with Crippen LogP contribution >= 0.6 is 0 Å². The van der Waals surface area contributed by atoms with Gasteiger partial charge in [-0.15, -0.1) is 0 Å². The summed E-state index contributed by atoms with van der Waals surface area (Å²) < 4.78 is 16.7. The lowest BCUT2D eigenvalue weighted by molar-refractivity contribution is -0.167. The van der Waals surface area contributed by atoms with Gasteiger partial charge in [-0.3, -0.25) is 14.4 Å². The van der Waals surface area contributed by atoms with Gasteiger partial charge in [-0.05, 0) is 103 Å². The molecule has 0 aliphatic carbocycles. The maximum atomic E-state index is 12.8. The molecule has 0 aliphatic heterocycles. The van der Waals surface area contributed by atoms with Gasteiger partial charge >= 0.3 is 17.9 Å². The van der Waals surface area contributed by atoms with Crippen molar-refractivity contribution in [1.82, 2.24) is 0 Å². The molecule has 1 unspecified atom stereocenters. The summed E-state index contributed by atoms with van der Waals surface area (Å²) >= 11 is 0. The molecule has 0 saturated heterocycles. The van der Waals surface area contributed by atoms with Crippen molar-refractivity contribution in [2.75, 3.05) is 13.2 Å². The number of carbonyl (C=O) groups excluding carboxylic acids is 3. The normalized spacial score (nSPS) is 13.0. The Hall–Kier alpha value is -3.93. The van der Waals surface area contributed by atoms with Gasteiger partial charge in [-0.1, -0.05) is 220 Å². The van der Waals surface area contributed by atoms with Crippen LogP contribution in [-0.2, 0) is 28.6 Å². The molecule has 6 nitrogen and oxygen atoms in total. The number of unbranched alkanes of at least 4 members (excludes halogenated alkanes) is 18. The molecule has 0 fully saturated rings. The van der Waals surface area contributed by atoms with E-state index in [1.165, 1.54) is 44.9 Å². The van der Waals surface area contributed by atoms with Gasteiger partial charge in [-0.2, -0.15) is 0 Å². The zero-order chi connectivity index (χ0) is 47.9. The van der Waals surface area contributed by atoms with E-state index < -0.39 is 6.10 Å². The zero-order valence-electron chi connectivity index (χ0n) is 42.7. The second-order valence-electron chi connectivity index (χ2n) is 17.4. The smallest absolute Gasteiger partial charge is 0.306 e. The summed E-state index contributed by atoms with van der Waals surface area (Å²) in [6, 6.07) is 0. The van der Waals surface area contributed by atoms with Crippen LogP contribution in [0.5, 0.6) is 0 Å². The molecule has 6 heteroatoms. The van der Waals surface area contributed by atoms with E-state index in [2.05, 4.69) is 130 Å². The fourth-order valence-corrected chi connectivity index (χ4v) is 6.97. The Morgan fingerprint density at radius 2 is 0.606 bits per heavy atom. The molecule has 0 aliphatic rings. The highest BCUT2D eigenvalue weighted by atomic mass is 16.6. The number of hydrogen-bond acceptors (Lipinski definition) is 6. The van der Waals surface area contributed by atoms with Crippen molar-refractivity contribution >= 4 is 17.9 Å². The third-order valence-electron chi connectivity index (χ3n) is 11.0. The molecule has 0 heterocycles. The quantitative estimate of drug-likeness (QED) is 0.0262. The van der Waals surface area contributed by atoms with Gasteiger partial charge in [0.1, 0.15) is 13.2 Å². The fraction of sp³-hybridized carbons (Fsp3) is 0.650. The van der Waals surface area contributed by atoms with Crippen molar-refractivity contribution in [3.63, 3.8) is 0 Å². The highest BCUT2D eigenvalue weighted by molar-refractivity contribution is 5.71. The number of ether oxygens (including phenoxy) is 3. The molecule has 0 aromatic rings. The molecule has 1 atom stereocenters. The van der Waals surface area contributed by atoms with Gasteiger partial charge < -0.3 is 14.2 Å². The highest BCUT2D eigenvalue weighted by Crippen LogP contribution is 2.13. The Morgan fingerprint density at radius 3 is 0.970 bits per heavy atom. The SMILES string of the molecule is CC/C=C\C/C=C\C/C=C\C/C=C\C/C=C\C/C=C\C/C=C\CCCCCCCC(=O)OCC(COC(=O)CCCCCCCCC)OC(=O)CCCCCCC/C=C\C/C=C\CCCC. The standard InChI is InChI=1S/C60H98O6/c1-4-7-10-13-16-18-20-22-24-25-26-27-28-29-30-31-32-33-34-35-36-38-39-41-44-47-50-53-59(62)65-56-57(55-64-58(61)52-49-46-43-15-12-9-6-3)66-60(63)54-51-48-45-42-40-37-23-21-19-17-14-11-8-5-2/h7,10,14,16-18,21-24,26-27,29-30,32-33,35-36,57H,4-6,8-9,11-13,15,19-20,25,28,31,34,37-56H2,1-3H3/b10-7-,17-14-,18-16-,23-21-,24-22-,27-26-,30-29-,33-32-,36-35-. The molecule has 0 saturated carbocycles. The Balaban J connectivity index is 4.26.